The topological polar surface area (TPSA) is 152 Å². The van der Waals surface area contributed by atoms with Crippen LogP contribution in [0.3, 0.4) is 0 Å². The number of nitrogens with one attached hydrogen (secondary N) is 3. The number of fused-ring (bicyclic) bond motifs is 4. The number of aromatic nitrogens is 5. The van der Waals surface area contributed by atoms with Crippen molar-refractivity contribution in [2.75, 3.05) is 54.9 Å². The number of halogens is 7. The molecule has 0 spiro atoms. The molecule has 3 aromatic heterocycles. The van der Waals surface area contributed by atoms with E-state index in [0.717, 1.165) is 10.6 Å². The van der Waals surface area contributed by atoms with Crippen LogP contribution in [0.5, 0.6) is 5.75 Å². The number of ether oxygens (including phenoxy) is 1. The number of hydrogen-bond acceptors (Lipinski definition) is 11. The van der Waals surface area contributed by atoms with Crippen LogP contribution in [0, 0.1) is 29.3 Å². The SMILES string of the molecule is Cn1nc(C2CCC(=O)NC2=O)c2cc(F)c(C3CCN(CC4CCN(c5ncc(Cl)c(Nc6cc7c8c(c(=O)n(C)c7cc6F)OCC(F)(F)C(C6CC6)N8)n5)C[C@@H]4F)CC3)c(F)c21. The number of likely N-dealkylation sites (tertiary alicyclic amines) is 1. The number of imide groups is 1. The lowest BCUT2D eigenvalue weighted by molar-refractivity contribution is -0.134. The number of pyridine rings is 1. The molecule has 0 radical (unpaired) electrons. The molecule has 1 saturated carbocycles. The van der Waals surface area contributed by atoms with Crippen molar-refractivity contribution in [2.45, 2.75) is 74.9 Å². The molecule has 3 saturated heterocycles. The van der Waals surface area contributed by atoms with Crippen LogP contribution in [0.2, 0.25) is 5.02 Å². The quantitative estimate of drug-likeness (QED) is 0.111. The summed E-state index contributed by atoms with van der Waals surface area (Å²) in [5, 5.41) is 12.9. The molecule has 2 aromatic carbocycles. The minimum Gasteiger partial charge on any atom is -0.480 e. The number of carbonyl (C=O) groups is 2. The third kappa shape index (κ3) is 7.78. The Morgan fingerprint density at radius 3 is 2.46 bits per heavy atom. The first-order valence-corrected chi connectivity index (χ1v) is 22.2. The minimum absolute atomic E-state index is 0.0167. The molecule has 1 aliphatic carbocycles. The van der Waals surface area contributed by atoms with Crippen molar-refractivity contribution in [1.29, 1.82) is 0 Å². The lowest BCUT2D eigenvalue weighted by atomic mass is 9.86. The van der Waals surface area contributed by atoms with Gasteiger partial charge in [0.15, 0.2) is 18.2 Å². The largest absolute Gasteiger partial charge is 0.480 e. The zero-order chi connectivity index (χ0) is 45.6. The second-order valence-corrected chi connectivity index (χ2v) is 18.4. The van der Waals surface area contributed by atoms with E-state index in [1.165, 1.54) is 37.1 Å². The highest BCUT2D eigenvalue weighted by Gasteiger charge is 2.51. The average molecular weight is 927 g/mol. The molecule has 0 bridgehead atoms. The Kier molecular flexibility index (Phi) is 10.9. The van der Waals surface area contributed by atoms with Crippen LogP contribution < -0.4 is 31.1 Å². The van der Waals surface area contributed by atoms with E-state index in [1.807, 2.05) is 0 Å². The van der Waals surface area contributed by atoms with Gasteiger partial charge in [-0.1, -0.05) is 11.6 Å². The number of alkyl halides is 3. The molecule has 65 heavy (non-hydrogen) atoms. The van der Waals surface area contributed by atoms with Crippen molar-refractivity contribution in [2.24, 2.45) is 25.9 Å². The summed E-state index contributed by atoms with van der Waals surface area (Å²) in [5.41, 5.74) is -0.313. The Labute approximate surface area is 372 Å². The van der Waals surface area contributed by atoms with E-state index in [-0.39, 0.29) is 98.2 Å². The monoisotopic (exact) mass is 926 g/mol. The summed E-state index contributed by atoms with van der Waals surface area (Å²) in [7, 11) is 2.94. The van der Waals surface area contributed by atoms with Crippen molar-refractivity contribution in [1.82, 2.24) is 34.5 Å². The molecule has 344 valence electrons. The molecule has 4 aliphatic heterocycles. The fraction of sp³-hybridized carbons (Fsp3) is 0.500. The van der Waals surface area contributed by atoms with Gasteiger partial charge in [-0.3, -0.25) is 24.4 Å². The summed E-state index contributed by atoms with van der Waals surface area (Å²) in [5.74, 6) is -8.42. The second kappa shape index (κ2) is 16.4. The molecule has 2 amide bonds. The molecule has 7 heterocycles. The van der Waals surface area contributed by atoms with E-state index in [9.17, 15) is 14.4 Å². The molecule has 3 unspecified atom stereocenters. The van der Waals surface area contributed by atoms with Crippen LogP contribution in [-0.4, -0.2) is 98.5 Å². The summed E-state index contributed by atoms with van der Waals surface area (Å²) in [6, 6.07) is 2.45. The number of amides is 2. The second-order valence-electron chi connectivity index (χ2n) is 18.0. The van der Waals surface area contributed by atoms with Crippen LogP contribution in [0.1, 0.15) is 68.0 Å². The van der Waals surface area contributed by atoms with Gasteiger partial charge in [-0.05, 0) is 75.6 Å². The number of nitrogens with zero attached hydrogens (tertiary/aromatic N) is 7. The molecule has 10 rings (SSSR count). The number of carbonyl (C=O) groups excluding carboxylic acids is 2. The summed E-state index contributed by atoms with van der Waals surface area (Å²) in [6.45, 7) is 0.814. The third-order valence-electron chi connectivity index (χ3n) is 13.8. The summed E-state index contributed by atoms with van der Waals surface area (Å²) >= 11 is 6.49. The smallest absolute Gasteiger partial charge is 0.301 e. The first kappa shape index (κ1) is 43.3. The van der Waals surface area contributed by atoms with Gasteiger partial charge in [0.1, 0.15) is 28.3 Å². The fourth-order valence-electron chi connectivity index (χ4n) is 10.1. The van der Waals surface area contributed by atoms with E-state index in [0.29, 0.717) is 58.3 Å². The van der Waals surface area contributed by atoms with Gasteiger partial charge >= 0.3 is 5.92 Å². The van der Waals surface area contributed by atoms with Gasteiger partial charge in [0.25, 0.3) is 5.56 Å². The van der Waals surface area contributed by atoms with Gasteiger partial charge in [-0.15, -0.1) is 0 Å². The van der Waals surface area contributed by atoms with E-state index >= 15 is 26.3 Å². The molecule has 5 aromatic rings. The first-order chi connectivity index (χ1) is 31.1. The van der Waals surface area contributed by atoms with Crippen molar-refractivity contribution in [3.63, 3.8) is 0 Å². The van der Waals surface area contributed by atoms with Gasteiger partial charge in [0.05, 0.1) is 47.3 Å². The first-order valence-electron chi connectivity index (χ1n) is 21.8. The summed E-state index contributed by atoms with van der Waals surface area (Å²) < 4.78 is 102. The normalized spacial score (nSPS) is 24.1. The third-order valence-corrected chi connectivity index (χ3v) is 14.1. The number of hydrogen-bond donors (Lipinski definition) is 3. The lowest BCUT2D eigenvalue weighted by Gasteiger charge is -2.39. The zero-order valence-electron chi connectivity index (χ0n) is 35.4. The Hall–Kier alpha value is -5.63. The lowest BCUT2D eigenvalue weighted by Crippen LogP contribution is -2.47. The van der Waals surface area contributed by atoms with Crippen molar-refractivity contribution >= 4 is 68.4 Å². The van der Waals surface area contributed by atoms with Crippen LogP contribution >= 0.6 is 11.6 Å². The molecule has 4 fully saturated rings. The average Bonchev–Trinajstić information content (AvgIpc) is 4.07. The van der Waals surface area contributed by atoms with Crippen LogP contribution in [0.4, 0.5) is 49.5 Å². The highest BCUT2D eigenvalue weighted by atomic mass is 35.5. The Morgan fingerprint density at radius 1 is 0.969 bits per heavy atom. The molecule has 21 heteroatoms. The Bertz CT molecular complexity index is 2830. The van der Waals surface area contributed by atoms with E-state index in [1.54, 1.807) is 4.90 Å². The zero-order valence-corrected chi connectivity index (χ0v) is 36.1. The predicted molar refractivity (Wildman–Crippen MR) is 229 cm³/mol. The van der Waals surface area contributed by atoms with E-state index < -0.39 is 71.4 Å². The van der Waals surface area contributed by atoms with Crippen molar-refractivity contribution in [3.8, 4) is 5.75 Å². The van der Waals surface area contributed by atoms with Crippen LogP contribution in [-0.2, 0) is 23.7 Å². The van der Waals surface area contributed by atoms with Gasteiger partial charge in [-0.25, -0.2) is 31.3 Å². The molecule has 14 nitrogen and oxygen atoms in total. The number of aryl methyl sites for hydroxylation is 2. The fourth-order valence-corrected chi connectivity index (χ4v) is 10.2. The highest BCUT2D eigenvalue weighted by Crippen LogP contribution is 2.46. The maximum Gasteiger partial charge on any atom is 0.301 e. The summed E-state index contributed by atoms with van der Waals surface area (Å²) in [6.07, 6.45) is 2.87. The van der Waals surface area contributed by atoms with Crippen molar-refractivity contribution in [3.05, 3.63) is 68.5 Å². The highest BCUT2D eigenvalue weighted by molar-refractivity contribution is 6.33. The van der Waals surface area contributed by atoms with Gasteiger partial charge in [0, 0.05) is 61.9 Å². The number of anilines is 4. The maximum absolute atomic E-state index is 16.2. The van der Waals surface area contributed by atoms with Gasteiger partial charge in [-0.2, -0.15) is 10.1 Å². The number of piperidine rings is 3. The van der Waals surface area contributed by atoms with E-state index in [4.69, 9.17) is 16.3 Å². The van der Waals surface area contributed by atoms with Crippen LogP contribution in [0.25, 0.3) is 21.8 Å². The number of rotatable bonds is 8. The molecule has 5 aliphatic rings. The molecular formula is C44H45ClF6N10O4. The molecular weight excluding hydrogens is 882 g/mol. The summed E-state index contributed by atoms with van der Waals surface area (Å²) in [4.78, 5) is 50.1. The minimum atomic E-state index is -3.26. The molecule has 4 atom stereocenters. The van der Waals surface area contributed by atoms with Gasteiger partial charge in [0.2, 0.25) is 23.5 Å². The Balaban J connectivity index is 0.801. The molecule has 3 N–H and O–H groups in total. The predicted octanol–water partition coefficient (Wildman–Crippen LogP) is 6.81. The van der Waals surface area contributed by atoms with Crippen molar-refractivity contribution < 1.29 is 40.7 Å². The van der Waals surface area contributed by atoms with E-state index in [2.05, 4.69) is 35.9 Å². The number of benzene rings is 2. The Morgan fingerprint density at radius 2 is 1.74 bits per heavy atom. The standard InChI is InChI=1S/C44H45ClF6N10O4/c1-58-31-15-27(46)30(14-24(31)36-38(42(58)64)65-19-44(50,51)39(55-36)21-3-4-21)53-40-26(45)16-52-43(56-40)61-12-9-22(29(48)18-61)17-60-10-7-20(8-11-60)33-28(47)13-25-35(57-59(2)37(25)34(33)49)23-5-6-32(62)54-41(23)63/h13-16,20-23,29,39,55H,3-12,17-19H2,1-2H3,(H,52,53,56)(H,54,62,63)/t22?,23?,29-,39?/m0/s1. The van der Waals surface area contributed by atoms with Gasteiger partial charge < -0.3 is 29.7 Å². The van der Waals surface area contributed by atoms with Crippen LogP contribution in [0.15, 0.2) is 29.2 Å². The maximum atomic E-state index is 16.2.